The molecule has 0 N–H and O–H groups in total. The van der Waals surface area contributed by atoms with E-state index in [0.29, 0.717) is 0 Å². The number of ether oxygens (including phenoxy) is 3. The highest BCUT2D eigenvalue weighted by Crippen LogP contribution is 2.29. The maximum atomic E-state index is 12.2. The van der Waals surface area contributed by atoms with E-state index >= 15 is 0 Å². The first-order valence-corrected chi connectivity index (χ1v) is 7.23. The standard InChI is InChI=1S/C19H20O5/c1-5-6-13-19(17(20)23-3,18(21)24-4)14-7-8-15-9-11-16(22-2)12-10-15/h9-12H,13-14H2,1-4H3. The molecule has 0 aliphatic rings. The van der Waals surface area contributed by atoms with Gasteiger partial charge in [-0.1, -0.05) is 11.8 Å². The third-order valence-corrected chi connectivity index (χ3v) is 3.43. The lowest BCUT2D eigenvalue weighted by atomic mass is 9.81. The first-order chi connectivity index (χ1) is 11.5. The van der Waals surface area contributed by atoms with Crippen LogP contribution in [-0.4, -0.2) is 33.3 Å². The summed E-state index contributed by atoms with van der Waals surface area (Å²) < 4.78 is 14.6. The summed E-state index contributed by atoms with van der Waals surface area (Å²) in [6.45, 7) is 1.63. The normalized spacial score (nSPS) is 9.67. The van der Waals surface area contributed by atoms with E-state index in [9.17, 15) is 9.59 Å². The van der Waals surface area contributed by atoms with Gasteiger partial charge in [0.25, 0.3) is 0 Å². The minimum Gasteiger partial charge on any atom is -0.497 e. The summed E-state index contributed by atoms with van der Waals surface area (Å²) in [7, 11) is 4.02. The maximum Gasteiger partial charge on any atom is 0.325 e. The van der Waals surface area contributed by atoms with Crippen molar-refractivity contribution in [3.63, 3.8) is 0 Å². The predicted molar refractivity (Wildman–Crippen MR) is 89.0 cm³/mol. The molecule has 1 rings (SSSR count). The zero-order valence-electron chi connectivity index (χ0n) is 14.3. The lowest BCUT2D eigenvalue weighted by Crippen LogP contribution is -2.40. The van der Waals surface area contributed by atoms with Crippen LogP contribution in [0.1, 0.15) is 25.3 Å². The van der Waals surface area contributed by atoms with E-state index in [-0.39, 0.29) is 12.8 Å². The largest absolute Gasteiger partial charge is 0.497 e. The summed E-state index contributed by atoms with van der Waals surface area (Å²) in [5.74, 6) is 10.5. The van der Waals surface area contributed by atoms with Gasteiger partial charge >= 0.3 is 11.9 Å². The van der Waals surface area contributed by atoms with Crippen molar-refractivity contribution in [2.24, 2.45) is 5.41 Å². The lowest BCUT2D eigenvalue weighted by Gasteiger charge is -2.23. The summed E-state index contributed by atoms with van der Waals surface area (Å²) in [5.41, 5.74) is -0.813. The molecule has 1 aromatic carbocycles. The van der Waals surface area contributed by atoms with Gasteiger partial charge in [-0.3, -0.25) is 9.59 Å². The van der Waals surface area contributed by atoms with Crippen molar-refractivity contribution in [3.05, 3.63) is 29.8 Å². The molecule has 0 atom stereocenters. The minimum absolute atomic E-state index is 0.0138. The van der Waals surface area contributed by atoms with Gasteiger partial charge in [-0.15, -0.1) is 11.8 Å². The summed E-state index contributed by atoms with van der Waals surface area (Å²) >= 11 is 0. The quantitative estimate of drug-likeness (QED) is 0.471. The van der Waals surface area contributed by atoms with E-state index < -0.39 is 17.4 Å². The lowest BCUT2D eigenvalue weighted by molar-refractivity contribution is -0.168. The molecule has 126 valence electrons. The van der Waals surface area contributed by atoms with Crippen LogP contribution in [0.15, 0.2) is 24.3 Å². The summed E-state index contributed by atoms with van der Waals surface area (Å²) in [4.78, 5) is 24.4. The van der Waals surface area contributed by atoms with E-state index in [2.05, 4.69) is 23.7 Å². The molecule has 0 heterocycles. The molecule has 0 unspecified atom stereocenters. The molecule has 0 aromatic heterocycles. The van der Waals surface area contributed by atoms with Crippen molar-refractivity contribution in [3.8, 4) is 29.4 Å². The fourth-order valence-electron chi connectivity index (χ4n) is 2.04. The van der Waals surface area contributed by atoms with Crippen molar-refractivity contribution in [1.29, 1.82) is 0 Å². The van der Waals surface area contributed by atoms with Crippen LogP contribution in [0.3, 0.4) is 0 Å². The molecular formula is C19H20O5. The van der Waals surface area contributed by atoms with Gasteiger partial charge in [0.05, 0.1) is 21.3 Å². The molecule has 0 amide bonds. The fourth-order valence-corrected chi connectivity index (χ4v) is 2.04. The Morgan fingerprint density at radius 1 is 0.958 bits per heavy atom. The van der Waals surface area contributed by atoms with E-state index in [4.69, 9.17) is 14.2 Å². The Hall–Kier alpha value is -2.92. The van der Waals surface area contributed by atoms with Gasteiger partial charge in [-0.05, 0) is 31.2 Å². The summed E-state index contributed by atoms with van der Waals surface area (Å²) in [6, 6.07) is 7.13. The van der Waals surface area contributed by atoms with Crippen LogP contribution in [0.4, 0.5) is 0 Å². The van der Waals surface area contributed by atoms with E-state index in [1.165, 1.54) is 14.2 Å². The van der Waals surface area contributed by atoms with Crippen LogP contribution in [0, 0.1) is 29.1 Å². The molecular weight excluding hydrogens is 308 g/mol. The van der Waals surface area contributed by atoms with Crippen LogP contribution in [-0.2, 0) is 19.1 Å². The highest BCUT2D eigenvalue weighted by molar-refractivity contribution is 6.00. The van der Waals surface area contributed by atoms with Crippen LogP contribution in [0.5, 0.6) is 5.75 Å². The predicted octanol–water partition coefficient (Wildman–Crippen LogP) is 2.18. The number of hydrogen-bond acceptors (Lipinski definition) is 5. The van der Waals surface area contributed by atoms with E-state index in [1.54, 1.807) is 38.3 Å². The third-order valence-electron chi connectivity index (χ3n) is 3.43. The number of rotatable bonds is 5. The highest BCUT2D eigenvalue weighted by atomic mass is 16.5. The second kappa shape index (κ2) is 9.27. The number of methoxy groups -OCH3 is 3. The van der Waals surface area contributed by atoms with Crippen molar-refractivity contribution < 1.29 is 23.8 Å². The van der Waals surface area contributed by atoms with Gasteiger partial charge in [0.15, 0.2) is 5.41 Å². The molecule has 0 spiro atoms. The monoisotopic (exact) mass is 328 g/mol. The molecule has 5 nitrogen and oxygen atoms in total. The Kier molecular flexibility index (Phi) is 7.39. The molecule has 0 bridgehead atoms. The summed E-state index contributed by atoms with van der Waals surface area (Å²) in [6.07, 6.45) is -0.0623. The van der Waals surface area contributed by atoms with Gasteiger partial charge in [0.1, 0.15) is 5.75 Å². The molecule has 5 heteroatoms. The fraction of sp³-hybridized carbons (Fsp3) is 0.368. The van der Waals surface area contributed by atoms with E-state index in [0.717, 1.165) is 11.3 Å². The number of carbonyl (C=O) groups excluding carboxylic acids is 2. The Balaban J connectivity index is 3.11. The van der Waals surface area contributed by atoms with Crippen molar-refractivity contribution in [2.45, 2.75) is 19.8 Å². The molecule has 1 aromatic rings. The van der Waals surface area contributed by atoms with Gasteiger partial charge in [0.2, 0.25) is 0 Å². The molecule has 0 radical (unpaired) electrons. The molecule has 0 aliphatic heterocycles. The Morgan fingerprint density at radius 2 is 1.50 bits per heavy atom. The number of hydrogen-bond donors (Lipinski definition) is 0. The zero-order valence-corrected chi connectivity index (χ0v) is 14.3. The average molecular weight is 328 g/mol. The first kappa shape index (κ1) is 19.1. The second-order valence-corrected chi connectivity index (χ2v) is 4.88. The molecule has 0 saturated heterocycles. The van der Waals surface area contributed by atoms with Crippen LogP contribution < -0.4 is 4.74 Å². The molecule has 0 aliphatic carbocycles. The number of esters is 2. The Bertz CT molecular complexity index is 679. The van der Waals surface area contributed by atoms with Crippen molar-refractivity contribution >= 4 is 11.9 Å². The Morgan fingerprint density at radius 3 is 1.96 bits per heavy atom. The smallest absolute Gasteiger partial charge is 0.325 e. The van der Waals surface area contributed by atoms with Gasteiger partial charge in [0, 0.05) is 18.4 Å². The summed E-state index contributed by atoms with van der Waals surface area (Å²) in [5, 5.41) is 0. The van der Waals surface area contributed by atoms with Gasteiger partial charge in [-0.2, -0.15) is 0 Å². The third kappa shape index (κ3) is 4.54. The van der Waals surface area contributed by atoms with Crippen molar-refractivity contribution in [2.75, 3.05) is 21.3 Å². The van der Waals surface area contributed by atoms with Gasteiger partial charge < -0.3 is 14.2 Å². The highest BCUT2D eigenvalue weighted by Gasteiger charge is 2.47. The van der Waals surface area contributed by atoms with Gasteiger partial charge in [-0.25, -0.2) is 0 Å². The van der Waals surface area contributed by atoms with E-state index in [1.807, 2.05) is 0 Å². The maximum absolute atomic E-state index is 12.2. The zero-order chi connectivity index (χ0) is 18.0. The SMILES string of the molecule is CC#CCC(CC#Cc1ccc(OC)cc1)(C(=O)OC)C(=O)OC. The molecule has 24 heavy (non-hydrogen) atoms. The minimum atomic E-state index is -1.55. The Labute approximate surface area is 142 Å². The second-order valence-electron chi connectivity index (χ2n) is 4.88. The number of carbonyl (C=O) groups is 2. The van der Waals surface area contributed by atoms with Crippen LogP contribution >= 0.6 is 0 Å². The van der Waals surface area contributed by atoms with Crippen LogP contribution in [0.25, 0.3) is 0 Å². The van der Waals surface area contributed by atoms with Crippen LogP contribution in [0.2, 0.25) is 0 Å². The van der Waals surface area contributed by atoms with Crippen molar-refractivity contribution in [1.82, 2.24) is 0 Å². The number of benzene rings is 1. The average Bonchev–Trinajstić information content (AvgIpc) is 2.63. The first-order valence-electron chi connectivity index (χ1n) is 7.23. The molecule has 0 fully saturated rings. The molecule has 0 saturated carbocycles. The topological polar surface area (TPSA) is 61.8 Å².